The van der Waals surface area contributed by atoms with Crippen molar-refractivity contribution in [3.8, 4) is 0 Å². The zero-order valence-corrected chi connectivity index (χ0v) is 12.3. The summed E-state index contributed by atoms with van der Waals surface area (Å²) < 4.78 is 12.9. The molecule has 0 heterocycles. The van der Waals surface area contributed by atoms with Gasteiger partial charge in [0, 0.05) is 24.4 Å². The number of nitrogens with two attached hydrogens (primary N) is 1. The van der Waals surface area contributed by atoms with Crippen LogP contribution in [0.15, 0.2) is 24.3 Å². The molecule has 4 heteroatoms. The summed E-state index contributed by atoms with van der Waals surface area (Å²) >= 11 is 1.83. The van der Waals surface area contributed by atoms with Gasteiger partial charge in [-0.25, -0.2) is 4.39 Å². The Hall–Kier alpha value is -0.580. The van der Waals surface area contributed by atoms with Crippen molar-refractivity contribution >= 4 is 11.8 Å². The number of thioether (sulfide) groups is 1. The van der Waals surface area contributed by atoms with Crippen molar-refractivity contribution in [1.82, 2.24) is 4.90 Å². The Morgan fingerprint density at radius 1 is 1.33 bits per heavy atom. The van der Waals surface area contributed by atoms with Gasteiger partial charge >= 0.3 is 0 Å². The minimum atomic E-state index is -0.191. The summed E-state index contributed by atoms with van der Waals surface area (Å²) in [6.07, 6.45) is 2.95. The monoisotopic (exact) mass is 270 g/mol. The van der Waals surface area contributed by atoms with E-state index in [4.69, 9.17) is 5.73 Å². The average molecular weight is 270 g/mol. The quantitative estimate of drug-likeness (QED) is 0.825. The molecular formula is C14H23FN2S. The Morgan fingerprint density at radius 3 is 2.44 bits per heavy atom. The van der Waals surface area contributed by atoms with Crippen molar-refractivity contribution in [1.29, 1.82) is 0 Å². The fourth-order valence-corrected chi connectivity index (χ4v) is 2.36. The van der Waals surface area contributed by atoms with Crippen LogP contribution in [0, 0.1) is 5.82 Å². The number of rotatable bonds is 7. The van der Waals surface area contributed by atoms with Crippen molar-refractivity contribution in [2.24, 2.45) is 5.73 Å². The minimum Gasteiger partial charge on any atom is -0.329 e. The Morgan fingerprint density at radius 2 is 1.94 bits per heavy atom. The number of benzene rings is 1. The van der Waals surface area contributed by atoms with E-state index in [1.807, 2.05) is 23.9 Å². The van der Waals surface area contributed by atoms with Crippen LogP contribution in [0.3, 0.4) is 0 Å². The maximum Gasteiger partial charge on any atom is 0.123 e. The Labute approximate surface area is 114 Å². The van der Waals surface area contributed by atoms with Crippen LogP contribution in [-0.4, -0.2) is 42.6 Å². The van der Waals surface area contributed by atoms with Crippen LogP contribution in [0.2, 0.25) is 0 Å². The van der Waals surface area contributed by atoms with Crippen LogP contribution >= 0.6 is 11.8 Å². The highest BCUT2D eigenvalue weighted by atomic mass is 32.2. The predicted molar refractivity (Wildman–Crippen MR) is 78.6 cm³/mol. The first-order valence-corrected chi connectivity index (χ1v) is 7.56. The average Bonchev–Trinajstić information content (AvgIpc) is 2.38. The number of likely N-dealkylation sites (N-methyl/N-ethyl adjacent to an activating group) is 1. The van der Waals surface area contributed by atoms with Crippen LogP contribution in [0.25, 0.3) is 0 Å². The van der Waals surface area contributed by atoms with Crippen molar-refractivity contribution in [3.05, 3.63) is 35.6 Å². The zero-order valence-electron chi connectivity index (χ0n) is 11.4. The van der Waals surface area contributed by atoms with Crippen molar-refractivity contribution < 1.29 is 4.39 Å². The number of halogens is 1. The summed E-state index contributed by atoms with van der Waals surface area (Å²) in [5.41, 5.74) is 6.98. The molecule has 1 aromatic carbocycles. The van der Waals surface area contributed by atoms with E-state index in [9.17, 15) is 4.39 Å². The Bertz CT molecular complexity index is 355. The first-order chi connectivity index (χ1) is 8.51. The lowest BCUT2D eigenvalue weighted by molar-refractivity contribution is 0.153. The molecule has 1 atom stereocenters. The van der Waals surface area contributed by atoms with Gasteiger partial charge in [0.25, 0.3) is 0 Å². The number of hydrogen-bond acceptors (Lipinski definition) is 3. The highest BCUT2D eigenvalue weighted by Crippen LogP contribution is 2.19. The molecule has 1 aromatic rings. The molecule has 0 radical (unpaired) electrons. The molecule has 0 saturated heterocycles. The third-order valence-electron chi connectivity index (χ3n) is 3.49. The molecule has 0 amide bonds. The number of hydrogen-bond donors (Lipinski definition) is 1. The highest BCUT2D eigenvalue weighted by Gasteiger charge is 2.27. The van der Waals surface area contributed by atoms with Crippen LogP contribution in [0.5, 0.6) is 0 Å². The Kier molecular flexibility index (Phi) is 6.12. The highest BCUT2D eigenvalue weighted by molar-refractivity contribution is 7.98. The summed E-state index contributed by atoms with van der Waals surface area (Å²) in [4.78, 5) is 2.30. The van der Waals surface area contributed by atoms with Crippen LogP contribution in [0.4, 0.5) is 4.39 Å². The standard InChI is InChI=1S/C14H23FN2S/c1-14(11-16,17(2)8-9-18-3)10-12-4-6-13(15)7-5-12/h4-7H,8-11,16H2,1-3H3. The molecular weight excluding hydrogens is 247 g/mol. The van der Waals surface area contributed by atoms with E-state index in [1.54, 1.807) is 0 Å². The lowest BCUT2D eigenvalue weighted by Crippen LogP contribution is -2.52. The van der Waals surface area contributed by atoms with E-state index in [0.29, 0.717) is 6.54 Å². The second-order valence-electron chi connectivity index (χ2n) is 4.92. The van der Waals surface area contributed by atoms with E-state index < -0.39 is 0 Å². The third-order valence-corrected chi connectivity index (χ3v) is 4.08. The lowest BCUT2D eigenvalue weighted by Gasteiger charge is -2.38. The molecule has 18 heavy (non-hydrogen) atoms. The van der Waals surface area contributed by atoms with Crippen molar-refractivity contribution in [3.63, 3.8) is 0 Å². The van der Waals surface area contributed by atoms with Gasteiger partial charge in [0.05, 0.1) is 0 Å². The lowest BCUT2D eigenvalue weighted by atomic mass is 9.91. The van der Waals surface area contributed by atoms with Gasteiger partial charge in [-0.2, -0.15) is 11.8 Å². The second-order valence-corrected chi connectivity index (χ2v) is 5.90. The van der Waals surface area contributed by atoms with E-state index in [0.717, 1.165) is 24.3 Å². The molecule has 1 rings (SSSR count). The fraction of sp³-hybridized carbons (Fsp3) is 0.571. The molecule has 2 N–H and O–H groups in total. The van der Waals surface area contributed by atoms with Gasteiger partial charge in [-0.15, -0.1) is 0 Å². The molecule has 2 nitrogen and oxygen atoms in total. The summed E-state index contributed by atoms with van der Waals surface area (Å²) in [5, 5.41) is 0. The molecule has 0 aromatic heterocycles. The molecule has 0 bridgehead atoms. The van der Waals surface area contributed by atoms with Gasteiger partial charge in [-0.05, 0) is 44.3 Å². The largest absolute Gasteiger partial charge is 0.329 e. The SMILES string of the molecule is CSCCN(C)C(C)(CN)Cc1ccc(F)cc1. The van der Waals surface area contributed by atoms with E-state index in [-0.39, 0.29) is 11.4 Å². The topological polar surface area (TPSA) is 29.3 Å². The van der Waals surface area contributed by atoms with Gasteiger partial charge in [-0.1, -0.05) is 12.1 Å². The molecule has 0 aliphatic rings. The predicted octanol–water partition coefficient (Wildman–Crippen LogP) is 2.38. The summed E-state index contributed by atoms with van der Waals surface area (Å²) in [5.74, 6) is 0.902. The molecule has 0 aliphatic carbocycles. The van der Waals surface area contributed by atoms with Gasteiger partial charge in [0.15, 0.2) is 0 Å². The molecule has 102 valence electrons. The molecule has 0 saturated carbocycles. The third kappa shape index (κ3) is 4.26. The van der Waals surface area contributed by atoms with Gasteiger partial charge < -0.3 is 5.73 Å². The fourth-order valence-electron chi connectivity index (χ4n) is 1.90. The van der Waals surface area contributed by atoms with Crippen molar-refractivity contribution in [2.75, 3.05) is 32.1 Å². The van der Waals surface area contributed by atoms with Crippen LogP contribution < -0.4 is 5.73 Å². The normalized spacial score (nSPS) is 14.8. The summed E-state index contributed by atoms with van der Waals surface area (Å²) in [6, 6.07) is 6.69. The minimum absolute atomic E-state index is 0.0758. The van der Waals surface area contributed by atoms with E-state index in [2.05, 4.69) is 25.1 Å². The first kappa shape index (κ1) is 15.5. The summed E-state index contributed by atoms with van der Waals surface area (Å²) in [6.45, 7) is 3.77. The smallest absolute Gasteiger partial charge is 0.123 e. The zero-order chi connectivity index (χ0) is 13.6. The molecule has 0 aliphatic heterocycles. The van der Waals surface area contributed by atoms with E-state index >= 15 is 0 Å². The molecule has 0 fully saturated rings. The van der Waals surface area contributed by atoms with E-state index in [1.165, 1.54) is 12.1 Å². The van der Waals surface area contributed by atoms with Gasteiger partial charge in [-0.3, -0.25) is 4.90 Å². The van der Waals surface area contributed by atoms with Crippen LogP contribution in [0.1, 0.15) is 12.5 Å². The summed E-state index contributed by atoms with van der Waals surface area (Å²) in [7, 11) is 2.10. The maximum absolute atomic E-state index is 12.9. The maximum atomic E-state index is 12.9. The van der Waals surface area contributed by atoms with Gasteiger partial charge in [0.1, 0.15) is 5.82 Å². The second kappa shape index (κ2) is 7.12. The first-order valence-electron chi connectivity index (χ1n) is 6.16. The van der Waals surface area contributed by atoms with Gasteiger partial charge in [0.2, 0.25) is 0 Å². The Balaban J connectivity index is 2.72. The molecule has 1 unspecified atom stereocenters. The van der Waals surface area contributed by atoms with Crippen molar-refractivity contribution in [2.45, 2.75) is 18.9 Å². The number of nitrogens with zero attached hydrogens (tertiary/aromatic N) is 1. The molecule has 0 spiro atoms. The van der Waals surface area contributed by atoms with Crippen LogP contribution in [-0.2, 0) is 6.42 Å².